The number of aliphatic hydroxyl groups excluding tert-OH is 1. The van der Waals surface area contributed by atoms with Gasteiger partial charge in [-0.2, -0.15) is 0 Å². The largest absolute Gasteiger partial charge is 0.387 e. The van der Waals surface area contributed by atoms with Crippen molar-refractivity contribution < 1.29 is 43.0 Å². The van der Waals surface area contributed by atoms with Crippen molar-refractivity contribution in [1.82, 2.24) is 0 Å². The maximum Gasteiger partial charge on any atom is 0.221 e. The summed E-state index contributed by atoms with van der Waals surface area (Å²) < 4.78 is 47.5. The molecule has 0 aromatic carbocycles. The van der Waals surface area contributed by atoms with Gasteiger partial charge in [0.25, 0.3) is 0 Å². The van der Waals surface area contributed by atoms with Crippen LogP contribution in [0.15, 0.2) is 0 Å². The number of aliphatic hydroxyl groups is 1. The molecule has 1 saturated carbocycles. The molecule has 3 heterocycles. The number of ether oxygens (including phenoxy) is 8. The Hall–Kier alpha value is -0.360. The Balaban J connectivity index is 1.74. The summed E-state index contributed by atoms with van der Waals surface area (Å²) >= 11 is 0. The van der Waals surface area contributed by atoms with E-state index in [1.54, 1.807) is 27.7 Å². The third kappa shape index (κ3) is 2.12. The van der Waals surface area contributed by atoms with Crippen LogP contribution in [0.5, 0.6) is 0 Å². The average molecular weight is 376 g/mol. The molecule has 10 unspecified atom stereocenters. The van der Waals surface area contributed by atoms with Gasteiger partial charge in [0.05, 0.1) is 0 Å². The molecule has 26 heavy (non-hydrogen) atoms. The van der Waals surface area contributed by atoms with E-state index in [0.29, 0.717) is 0 Å². The highest BCUT2D eigenvalue weighted by molar-refractivity contribution is 5.13. The Labute approximate surface area is 152 Å². The van der Waals surface area contributed by atoms with E-state index < -0.39 is 59.8 Å². The molecule has 0 aromatic heterocycles. The van der Waals surface area contributed by atoms with Crippen molar-refractivity contribution in [2.24, 2.45) is 0 Å². The molecule has 4 fully saturated rings. The van der Waals surface area contributed by atoms with Crippen molar-refractivity contribution in [3.05, 3.63) is 0 Å². The number of hydrogen-bond acceptors (Lipinski definition) is 9. The minimum atomic E-state index is -1.23. The third-order valence-electron chi connectivity index (χ3n) is 6.59. The van der Waals surface area contributed by atoms with Crippen molar-refractivity contribution >= 4 is 0 Å². The molecule has 4 aliphatic rings. The molecule has 0 amide bonds. The Kier molecular flexibility index (Phi) is 4.08. The van der Waals surface area contributed by atoms with E-state index in [-0.39, 0.29) is 0 Å². The first-order valence-corrected chi connectivity index (χ1v) is 8.79. The van der Waals surface area contributed by atoms with Gasteiger partial charge >= 0.3 is 0 Å². The minimum Gasteiger partial charge on any atom is -0.387 e. The summed E-state index contributed by atoms with van der Waals surface area (Å²) in [6.07, 6.45) is -4.15. The molecule has 0 radical (unpaired) electrons. The van der Waals surface area contributed by atoms with E-state index >= 15 is 0 Å². The van der Waals surface area contributed by atoms with E-state index in [4.69, 9.17) is 37.9 Å². The smallest absolute Gasteiger partial charge is 0.221 e. The Morgan fingerprint density at radius 1 is 0.577 bits per heavy atom. The van der Waals surface area contributed by atoms with Gasteiger partial charge in [0, 0.05) is 21.3 Å². The zero-order chi connectivity index (χ0) is 19.1. The molecule has 0 aromatic rings. The van der Waals surface area contributed by atoms with E-state index in [1.165, 1.54) is 21.3 Å². The number of hydrogen-bond donors (Lipinski definition) is 1. The maximum absolute atomic E-state index is 11.0. The number of methoxy groups -OCH3 is 3. The highest BCUT2D eigenvalue weighted by atomic mass is 16.9. The summed E-state index contributed by atoms with van der Waals surface area (Å²) in [5.74, 6) is -4.77. The van der Waals surface area contributed by atoms with Crippen LogP contribution >= 0.6 is 0 Å². The monoisotopic (exact) mass is 376 g/mol. The molecule has 10 atom stereocenters. The van der Waals surface area contributed by atoms with E-state index in [9.17, 15) is 5.11 Å². The molecule has 9 heteroatoms. The van der Waals surface area contributed by atoms with Crippen LogP contribution in [0.3, 0.4) is 0 Å². The molecular weight excluding hydrogens is 348 g/mol. The highest BCUT2D eigenvalue weighted by Gasteiger charge is 2.73. The van der Waals surface area contributed by atoms with Gasteiger partial charge in [-0.15, -0.1) is 0 Å². The van der Waals surface area contributed by atoms with Crippen molar-refractivity contribution in [2.45, 2.75) is 87.5 Å². The lowest BCUT2D eigenvalue weighted by Crippen LogP contribution is -2.75. The van der Waals surface area contributed by atoms with Crippen molar-refractivity contribution in [3.8, 4) is 0 Å². The van der Waals surface area contributed by atoms with Crippen LogP contribution in [-0.4, -0.2) is 86.2 Å². The van der Waals surface area contributed by atoms with Crippen LogP contribution in [0.4, 0.5) is 0 Å². The molecule has 9 nitrogen and oxygen atoms in total. The highest BCUT2D eigenvalue weighted by Crippen LogP contribution is 2.54. The summed E-state index contributed by atoms with van der Waals surface area (Å²) in [4.78, 5) is 0. The average Bonchev–Trinajstić information content (AvgIpc) is 2.96. The van der Waals surface area contributed by atoms with Crippen molar-refractivity contribution in [2.75, 3.05) is 21.3 Å². The van der Waals surface area contributed by atoms with Gasteiger partial charge in [-0.05, 0) is 27.7 Å². The van der Waals surface area contributed by atoms with Crippen LogP contribution in [-0.2, 0) is 37.9 Å². The molecule has 4 rings (SSSR count). The zero-order valence-corrected chi connectivity index (χ0v) is 16.2. The van der Waals surface area contributed by atoms with Gasteiger partial charge in [0.2, 0.25) is 23.1 Å². The van der Waals surface area contributed by atoms with Gasteiger partial charge in [0.15, 0.2) is 0 Å². The second-order valence-corrected chi connectivity index (χ2v) is 7.80. The predicted octanol–water partition coefficient (Wildman–Crippen LogP) is 0.132. The maximum atomic E-state index is 11.0. The second-order valence-electron chi connectivity index (χ2n) is 7.80. The molecular formula is C17H28O9. The molecule has 3 aliphatic heterocycles. The Morgan fingerprint density at radius 3 is 1.38 bits per heavy atom. The lowest BCUT2D eigenvalue weighted by Gasteiger charge is -2.57. The molecule has 1 aliphatic carbocycles. The van der Waals surface area contributed by atoms with Crippen LogP contribution in [0.25, 0.3) is 0 Å². The number of fused-ring (bicyclic) bond motifs is 3. The van der Waals surface area contributed by atoms with Gasteiger partial charge in [-0.3, -0.25) is 0 Å². The fourth-order valence-corrected chi connectivity index (χ4v) is 4.37. The minimum absolute atomic E-state index is 0.518. The fraction of sp³-hybridized carbons (Fsp3) is 1.00. The standard InChI is InChI=1S/C17H28O9/c1-14(19-5)15(2,20-6)24-11-9(22-14)8(18)10-12-13(11)26-17(4,25-12)16(3,21-7)23-10/h8-13,18H,1-7H3. The zero-order valence-electron chi connectivity index (χ0n) is 16.2. The van der Waals surface area contributed by atoms with E-state index in [2.05, 4.69) is 0 Å². The summed E-state index contributed by atoms with van der Waals surface area (Å²) in [5, 5.41) is 11.0. The Bertz CT molecular complexity index is 587. The van der Waals surface area contributed by atoms with Crippen molar-refractivity contribution in [1.29, 1.82) is 0 Å². The summed E-state index contributed by atoms with van der Waals surface area (Å²) in [5.41, 5.74) is 0. The first-order chi connectivity index (χ1) is 12.1. The predicted molar refractivity (Wildman–Crippen MR) is 85.0 cm³/mol. The lowest BCUT2D eigenvalue weighted by molar-refractivity contribution is -0.469. The normalized spacial score (nSPS) is 61.4. The molecule has 0 spiro atoms. The summed E-state index contributed by atoms with van der Waals surface area (Å²) in [6, 6.07) is 0. The SMILES string of the molecule is COC1(C)OC2C(O)C3OC(C)(OC)C4(C)OC3C(O4)C2OC1(C)OC. The van der Waals surface area contributed by atoms with Gasteiger partial charge in [-0.1, -0.05) is 0 Å². The van der Waals surface area contributed by atoms with Crippen LogP contribution < -0.4 is 0 Å². The quantitative estimate of drug-likeness (QED) is 0.738. The second kappa shape index (κ2) is 5.59. The van der Waals surface area contributed by atoms with Gasteiger partial charge in [0.1, 0.15) is 36.6 Å². The first kappa shape index (κ1) is 19.0. The van der Waals surface area contributed by atoms with Crippen LogP contribution in [0, 0.1) is 0 Å². The molecule has 3 saturated heterocycles. The molecule has 2 bridgehead atoms. The van der Waals surface area contributed by atoms with Crippen LogP contribution in [0.2, 0.25) is 0 Å². The summed E-state index contributed by atoms with van der Waals surface area (Å²) in [6.45, 7) is 6.91. The lowest BCUT2D eigenvalue weighted by atomic mass is 9.82. The Morgan fingerprint density at radius 2 is 0.923 bits per heavy atom. The van der Waals surface area contributed by atoms with E-state index in [1.807, 2.05) is 0 Å². The van der Waals surface area contributed by atoms with Crippen molar-refractivity contribution in [3.63, 3.8) is 0 Å². The molecule has 1 N–H and O–H groups in total. The topological polar surface area (TPSA) is 94.1 Å². The fourth-order valence-electron chi connectivity index (χ4n) is 4.37. The van der Waals surface area contributed by atoms with Gasteiger partial charge in [-0.25, -0.2) is 0 Å². The first-order valence-electron chi connectivity index (χ1n) is 8.79. The number of rotatable bonds is 3. The van der Waals surface area contributed by atoms with E-state index in [0.717, 1.165) is 0 Å². The summed E-state index contributed by atoms with van der Waals surface area (Å²) in [7, 11) is 4.52. The van der Waals surface area contributed by atoms with Gasteiger partial charge < -0.3 is 43.0 Å². The molecule has 150 valence electrons. The van der Waals surface area contributed by atoms with Crippen LogP contribution in [0.1, 0.15) is 27.7 Å². The third-order valence-corrected chi connectivity index (χ3v) is 6.59.